The number of benzene rings is 2. The van der Waals surface area contributed by atoms with Gasteiger partial charge in [-0.2, -0.15) is 10.2 Å². The second-order valence-corrected chi connectivity index (χ2v) is 11.7. The Morgan fingerprint density at radius 3 is 2.27 bits per heavy atom. The molecule has 0 aliphatic carbocycles. The lowest BCUT2D eigenvalue weighted by atomic mass is 9.89. The number of amides is 2. The summed E-state index contributed by atoms with van der Waals surface area (Å²) >= 11 is 6.18. The molecular weight excluding hydrogens is 536 g/mol. The van der Waals surface area contributed by atoms with Gasteiger partial charge in [0.25, 0.3) is 11.8 Å². The standard InChI is InChI=1S/C32H35ClN6O2/c1-3-27-21(2)35-36-29(27)32(41)37-16-13-23(14-17-37)30-28(19-34-39(30)26-11-9-25(33)10-12-26)31(40)38-18-15-24(20-38)22-7-5-4-6-8-22/h4-12,19,23-24,27H,3,13-18,20H2,1-2H3/t24-,27?/m0/s1. The van der Waals surface area contributed by atoms with Crippen molar-refractivity contribution in [3.05, 3.63) is 82.6 Å². The summed E-state index contributed by atoms with van der Waals surface area (Å²) in [5, 5.41) is 13.8. The highest BCUT2D eigenvalue weighted by molar-refractivity contribution is 6.44. The summed E-state index contributed by atoms with van der Waals surface area (Å²) in [6, 6.07) is 18.0. The lowest BCUT2D eigenvalue weighted by Gasteiger charge is -2.33. The molecule has 3 aliphatic rings. The van der Waals surface area contributed by atoms with E-state index in [-0.39, 0.29) is 23.7 Å². The Hall–Kier alpha value is -3.78. The lowest BCUT2D eigenvalue weighted by Crippen LogP contribution is -2.44. The van der Waals surface area contributed by atoms with Crippen molar-refractivity contribution in [3.8, 4) is 5.69 Å². The van der Waals surface area contributed by atoms with Crippen LogP contribution in [-0.4, -0.2) is 69.0 Å². The molecule has 2 saturated heterocycles. The molecule has 0 saturated carbocycles. The van der Waals surface area contributed by atoms with Crippen molar-refractivity contribution in [2.24, 2.45) is 16.1 Å². The smallest absolute Gasteiger partial charge is 0.270 e. The van der Waals surface area contributed by atoms with E-state index < -0.39 is 0 Å². The molecule has 9 heteroatoms. The SMILES string of the molecule is CCC1C(C)=NN=C1C(=O)N1CCC(c2c(C(=O)N3CC[C@H](c4ccccc4)C3)cnn2-c2ccc(Cl)cc2)CC1. The zero-order valence-corrected chi connectivity index (χ0v) is 24.3. The fourth-order valence-electron chi connectivity index (χ4n) is 6.48. The maximum Gasteiger partial charge on any atom is 0.270 e. The fourth-order valence-corrected chi connectivity index (χ4v) is 6.61. The van der Waals surface area contributed by atoms with Crippen molar-refractivity contribution in [3.63, 3.8) is 0 Å². The normalized spacial score (nSPS) is 21.2. The van der Waals surface area contributed by atoms with E-state index in [0.29, 0.717) is 41.8 Å². The van der Waals surface area contributed by atoms with Crippen molar-refractivity contribution < 1.29 is 9.59 Å². The van der Waals surface area contributed by atoms with Gasteiger partial charge in [0.05, 0.1) is 23.1 Å². The number of nitrogens with zero attached hydrogens (tertiary/aromatic N) is 6. The van der Waals surface area contributed by atoms with E-state index in [1.54, 1.807) is 6.20 Å². The Morgan fingerprint density at radius 1 is 0.878 bits per heavy atom. The minimum absolute atomic E-state index is 0.00374. The Kier molecular flexibility index (Phi) is 7.75. The number of carbonyl (C=O) groups is 2. The van der Waals surface area contributed by atoms with Crippen LogP contribution in [0.15, 0.2) is 71.0 Å². The molecule has 0 radical (unpaired) electrons. The third kappa shape index (κ3) is 5.33. The van der Waals surface area contributed by atoms with Crippen LogP contribution in [0.3, 0.4) is 0 Å². The van der Waals surface area contributed by atoms with Gasteiger partial charge in [-0.15, -0.1) is 5.10 Å². The minimum atomic E-state index is -0.0255. The van der Waals surface area contributed by atoms with Gasteiger partial charge < -0.3 is 9.80 Å². The van der Waals surface area contributed by atoms with Crippen LogP contribution in [0.25, 0.3) is 5.69 Å². The Bertz CT molecular complexity index is 1490. The summed E-state index contributed by atoms with van der Waals surface area (Å²) in [4.78, 5) is 31.2. The summed E-state index contributed by atoms with van der Waals surface area (Å²) in [6.07, 6.45) is 4.95. The van der Waals surface area contributed by atoms with Crippen LogP contribution in [0.5, 0.6) is 0 Å². The van der Waals surface area contributed by atoms with Gasteiger partial charge in [0.2, 0.25) is 0 Å². The van der Waals surface area contributed by atoms with Gasteiger partial charge in [-0.25, -0.2) is 4.68 Å². The largest absolute Gasteiger partial charge is 0.338 e. The molecule has 2 aromatic carbocycles. The van der Waals surface area contributed by atoms with E-state index in [1.807, 2.05) is 51.7 Å². The van der Waals surface area contributed by atoms with E-state index in [9.17, 15) is 9.59 Å². The van der Waals surface area contributed by atoms with Gasteiger partial charge in [0, 0.05) is 54.7 Å². The average Bonchev–Trinajstić information content (AvgIpc) is 3.76. The molecule has 0 N–H and O–H groups in total. The molecule has 212 valence electrons. The molecule has 2 atom stereocenters. The highest BCUT2D eigenvalue weighted by Gasteiger charge is 2.37. The molecule has 3 aromatic rings. The number of piperidine rings is 1. The first-order valence-corrected chi connectivity index (χ1v) is 14.9. The number of carbonyl (C=O) groups excluding carboxylic acids is 2. The number of aromatic nitrogens is 2. The number of likely N-dealkylation sites (tertiary alicyclic amines) is 2. The van der Waals surface area contributed by atoms with Gasteiger partial charge in [-0.3, -0.25) is 9.59 Å². The molecule has 0 spiro atoms. The van der Waals surface area contributed by atoms with Crippen LogP contribution in [-0.2, 0) is 4.79 Å². The maximum atomic E-state index is 14.0. The second-order valence-electron chi connectivity index (χ2n) is 11.2. The predicted molar refractivity (Wildman–Crippen MR) is 161 cm³/mol. The molecular formula is C32H35ClN6O2. The Balaban J connectivity index is 1.24. The van der Waals surface area contributed by atoms with Crippen LogP contribution in [0.1, 0.15) is 73.0 Å². The minimum Gasteiger partial charge on any atom is -0.338 e. The third-order valence-corrected chi connectivity index (χ3v) is 9.05. The molecule has 1 unspecified atom stereocenters. The molecule has 3 aliphatic heterocycles. The van der Waals surface area contributed by atoms with Crippen LogP contribution < -0.4 is 0 Å². The zero-order valence-electron chi connectivity index (χ0n) is 23.5. The first kappa shape index (κ1) is 27.4. The molecule has 4 heterocycles. The number of hydrogen-bond acceptors (Lipinski definition) is 5. The van der Waals surface area contributed by atoms with E-state index in [4.69, 9.17) is 16.7 Å². The number of hydrogen-bond donors (Lipinski definition) is 0. The zero-order chi connectivity index (χ0) is 28.5. The fraction of sp³-hybridized carbons (Fsp3) is 0.406. The van der Waals surface area contributed by atoms with E-state index in [1.165, 1.54) is 5.56 Å². The van der Waals surface area contributed by atoms with Gasteiger partial charge in [-0.1, -0.05) is 48.9 Å². The summed E-state index contributed by atoms with van der Waals surface area (Å²) in [6.45, 7) is 6.60. The quantitative estimate of drug-likeness (QED) is 0.380. The molecule has 41 heavy (non-hydrogen) atoms. The van der Waals surface area contributed by atoms with Gasteiger partial charge in [-0.05, 0) is 62.4 Å². The first-order chi connectivity index (χ1) is 19.9. The van der Waals surface area contributed by atoms with Crippen molar-refractivity contribution in [2.75, 3.05) is 26.2 Å². The summed E-state index contributed by atoms with van der Waals surface area (Å²) in [5.74, 6) is 0.408. The van der Waals surface area contributed by atoms with Crippen LogP contribution in [0.4, 0.5) is 0 Å². The van der Waals surface area contributed by atoms with Gasteiger partial charge in [0.1, 0.15) is 5.71 Å². The topological polar surface area (TPSA) is 83.2 Å². The maximum absolute atomic E-state index is 14.0. The van der Waals surface area contributed by atoms with E-state index >= 15 is 0 Å². The monoisotopic (exact) mass is 570 g/mol. The number of rotatable bonds is 6. The van der Waals surface area contributed by atoms with Crippen molar-refractivity contribution >= 4 is 34.8 Å². The second kappa shape index (κ2) is 11.6. The Labute approximate surface area is 245 Å². The average molecular weight is 571 g/mol. The van der Waals surface area contributed by atoms with Crippen molar-refractivity contribution in [2.45, 2.75) is 51.4 Å². The van der Waals surface area contributed by atoms with E-state index in [0.717, 1.165) is 49.3 Å². The van der Waals surface area contributed by atoms with Crippen LogP contribution >= 0.6 is 11.6 Å². The third-order valence-electron chi connectivity index (χ3n) is 8.80. The van der Waals surface area contributed by atoms with Crippen LogP contribution in [0.2, 0.25) is 5.02 Å². The molecule has 2 fully saturated rings. The van der Waals surface area contributed by atoms with Gasteiger partial charge >= 0.3 is 0 Å². The molecule has 6 rings (SSSR count). The summed E-state index contributed by atoms with van der Waals surface area (Å²) in [7, 11) is 0. The Morgan fingerprint density at radius 2 is 1.56 bits per heavy atom. The molecule has 2 amide bonds. The first-order valence-electron chi connectivity index (χ1n) is 14.5. The van der Waals surface area contributed by atoms with Crippen molar-refractivity contribution in [1.82, 2.24) is 19.6 Å². The van der Waals surface area contributed by atoms with Crippen LogP contribution in [0, 0.1) is 5.92 Å². The summed E-state index contributed by atoms with van der Waals surface area (Å²) < 4.78 is 1.89. The highest BCUT2D eigenvalue weighted by Crippen LogP contribution is 2.35. The molecule has 0 bridgehead atoms. The van der Waals surface area contributed by atoms with Gasteiger partial charge in [0.15, 0.2) is 0 Å². The van der Waals surface area contributed by atoms with Crippen molar-refractivity contribution in [1.29, 1.82) is 0 Å². The molecule has 8 nitrogen and oxygen atoms in total. The predicted octanol–water partition coefficient (Wildman–Crippen LogP) is 5.72. The highest BCUT2D eigenvalue weighted by atomic mass is 35.5. The molecule has 1 aromatic heterocycles. The number of halogens is 1. The summed E-state index contributed by atoms with van der Waals surface area (Å²) in [5.41, 5.74) is 5.15. The lowest BCUT2D eigenvalue weighted by molar-refractivity contribution is -0.125. The van der Waals surface area contributed by atoms with E-state index in [2.05, 4.69) is 41.4 Å².